The van der Waals surface area contributed by atoms with Gasteiger partial charge in [-0.3, -0.25) is 9.59 Å². The number of methoxy groups -OCH3 is 1. The summed E-state index contributed by atoms with van der Waals surface area (Å²) in [6.45, 7) is 5.67. The minimum absolute atomic E-state index is 0.0173. The molecule has 96 valence electrons. The number of amides is 1. The summed E-state index contributed by atoms with van der Waals surface area (Å²) in [7, 11) is 1.42. The third kappa shape index (κ3) is 2.45. The predicted molar refractivity (Wildman–Crippen MR) is 63.2 cm³/mol. The Labute approximate surface area is 102 Å². The molecule has 1 aliphatic heterocycles. The van der Waals surface area contributed by atoms with Crippen LogP contribution in [0.5, 0.6) is 0 Å². The van der Waals surface area contributed by atoms with Crippen LogP contribution < -0.4 is 0 Å². The molecule has 0 aromatic carbocycles. The van der Waals surface area contributed by atoms with Gasteiger partial charge in [-0.25, -0.2) is 0 Å². The van der Waals surface area contributed by atoms with Crippen LogP contribution >= 0.6 is 0 Å². The lowest BCUT2D eigenvalue weighted by atomic mass is 9.96. The highest BCUT2D eigenvalue weighted by atomic mass is 16.5. The Morgan fingerprint density at radius 1 is 1.24 bits per heavy atom. The first-order chi connectivity index (χ1) is 7.95. The van der Waals surface area contributed by atoms with Crippen LogP contribution in [0.25, 0.3) is 0 Å². The van der Waals surface area contributed by atoms with Gasteiger partial charge in [-0.2, -0.15) is 0 Å². The number of ether oxygens (including phenoxy) is 1. The number of carbonyl (C=O) groups is 2. The number of piperidine rings is 1. The first-order valence-electron chi connectivity index (χ1n) is 6.32. The maximum atomic E-state index is 12.1. The summed E-state index contributed by atoms with van der Waals surface area (Å²) in [5.74, 6) is 0.329. The lowest BCUT2D eigenvalue weighted by Gasteiger charge is -2.31. The van der Waals surface area contributed by atoms with Gasteiger partial charge in [0.2, 0.25) is 5.91 Å². The lowest BCUT2D eigenvalue weighted by molar-refractivity contribution is -0.149. The third-order valence-electron chi connectivity index (χ3n) is 4.15. The largest absolute Gasteiger partial charge is 0.469 e. The number of hydrogen-bond donors (Lipinski definition) is 0. The van der Waals surface area contributed by atoms with Crippen LogP contribution in [-0.2, 0) is 14.3 Å². The van der Waals surface area contributed by atoms with Gasteiger partial charge in [-0.15, -0.1) is 0 Å². The average molecular weight is 239 g/mol. The Hall–Kier alpha value is -1.06. The summed E-state index contributed by atoms with van der Waals surface area (Å²) >= 11 is 0. The van der Waals surface area contributed by atoms with Crippen molar-refractivity contribution in [3.05, 3.63) is 0 Å². The Morgan fingerprint density at radius 3 is 2.18 bits per heavy atom. The van der Waals surface area contributed by atoms with E-state index < -0.39 is 0 Å². The molecule has 1 atom stereocenters. The number of hydrogen-bond acceptors (Lipinski definition) is 3. The van der Waals surface area contributed by atoms with E-state index in [0.29, 0.717) is 13.1 Å². The molecule has 17 heavy (non-hydrogen) atoms. The van der Waals surface area contributed by atoms with Crippen molar-refractivity contribution in [2.45, 2.75) is 33.1 Å². The Balaban J connectivity index is 1.83. The summed E-state index contributed by atoms with van der Waals surface area (Å²) in [4.78, 5) is 25.4. The van der Waals surface area contributed by atoms with Crippen LogP contribution in [0.2, 0.25) is 0 Å². The van der Waals surface area contributed by atoms with Crippen LogP contribution in [0.15, 0.2) is 0 Å². The zero-order chi connectivity index (χ0) is 12.6. The number of esters is 1. The number of rotatable bonds is 2. The summed E-state index contributed by atoms with van der Waals surface area (Å²) in [5, 5.41) is 0. The molecule has 0 aromatic heterocycles. The van der Waals surface area contributed by atoms with E-state index in [0.717, 1.165) is 19.3 Å². The fourth-order valence-electron chi connectivity index (χ4n) is 2.61. The fourth-order valence-corrected chi connectivity index (χ4v) is 2.61. The monoisotopic (exact) mass is 239 g/mol. The van der Waals surface area contributed by atoms with Crippen molar-refractivity contribution in [3.63, 3.8) is 0 Å². The Morgan fingerprint density at radius 2 is 1.76 bits per heavy atom. The number of carbonyl (C=O) groups excluding carboxylic acids is 2. The maximum Gasteiger partial charge on any atom is 0.308 e. The Kier molecular flexibility index (Phi) is 3.15. The molecule has 4 heteroatoms. The molecular weight excluding hydrogens is 218 g/mol. The molecule has 1 unspecified atom stereocenters. The smallest absolute Gasteiger partial charge is 0.308 e. The number of likely N-dealkylation sites (tertiary alicyclic amines) is 1. The fraction of sp³-hybridized carbons (Fsp3) is 0.846. The van der Waals surface area contributed by atoms with Crippen LogP contribution in [-0.4, -0.2) is 37.0 Å². The molecule has 0 aromatic rings. The standard InChI is InChI=1S/C13H21NO3/c1-13(2)8-10(13)11(15)14-6-4-9(5-7-14)12(16)17-3/h9-10H,4-8H2,1-3H3. The highest BCUT2D eigenvalue weighted by molar-refractivity contribution is 5.83. The van der Waals surface area contributed by atoms with Crippen molar-refractivity contribution in [2.75, 3.05) is 20.2 Å². The van der Waals surface area contributed by atoms with Crippen LogP contribution in [0.4, 0.5) is 0 Å². The van der Waals surface area contributed by atoms with E-state index in [-0.39, 0.29) is 29.1 Å². The van der Waals surface area contributed by atoms with Gasteiger partial charge in [0, 0.05) is 19.0 Å². The quantitative estimate of drug-likeness (QED) is 0.685. The van der Waals surface area contributed by atoms with E-state index >= 15 is 0 Å². The first kappa shape index (κ1) is 12.4. The van der Waals surface area contributed by atoms with Gasteiger partial charge in [0.15, 0.2) is 0 Å². The Bertz CT molecular complexity index is 330. The molecular formula is C13H21NO3. The molecule has 4 nitrogen and oxygen atoms in total. The van der Waals surface area contributed by atoms with Gasteiger partial charge in [0.25, 0.3) is 0 Å². The van der Waals surface area contributed by atoms with Crippen molar-refractivity contribution in [2.24, 2.45) is 17.3 Å². The molecule has 2 rings (SSSR count). The van der Waals surface area contributed by atoms with E-state index in [1.807, 2.05) is 4.90 Å². The van der Waals surface area contributed by atoms with Crippen molar-refractivity contribution in [3.8, 4) is 0 Å². The van der Waals surface area contributed by atoms with E-state index in [9.17, 15) is 9.59 Å². The molecule has 2 fully saturated rings. The maximum absolute atomic E-state index is 12.1. The van der Waals surface area contributed by atoms with Crippen LogP contribution in [0, 0.1) is 17.3 Å². The highest BCUT2D eigenvalue weighted by Crippen LogP contribution is 2.52. The van der Waals surface area contributed by atoms with Gasteiger partial charge in [0.05, 0.1) is 13.0 Å². The minimum Gasteiger partial charge on any atom is -0.469 e. The van der Waals surface area contributed by atoms with Crippen LogP contribution in [0.1, 0.15) is 33.1 Å². The summed E-state index contributed by atoms with van der Waals surface area (Å²) in [5.41, 5.74) is 0.191. The second-order valence-corrected chi connectivity index (χ2v) is 5.87. The molecule has 0 radical (unpaired) electrons. The first-order valence-corrected chi connectivity index (χ1v) is 6.32. The normalized spacial score (nSPS) is 27.7. The van der Waals surface area contributed by atoms with Gasteiger partial charge < -0.3 is 9.64 Å². The molecule has 0 spiro atoms. The molecule has 0 bridgehead atoms. The second-order valence-electron chi connectivity index (χ2n) is 5.87. The van der Waals surface area contributed by atoms with Gasteiger partial charge >= 0.3 is 5.97 Å². The van der Waals surface area contributed by atoms with E-state index in [4.69, 9.17) is 4.74 Å². The lowest BCUT2D eigenvalue weighted by Crippen LogP contribution is -2.41. The molecule has 1 heterocycles. The van der Waals surface area contributed by atoms with E-state index in [1.165, 1.54) is 7.11 Å². The molecule has 1 saturated carbocycles. The molecule has 2 aliphatic rings. The number of nitrogens with zero attached hydrogens (tertiary/aromatic N) is 1. The van der Waals surface area contributed by atoms with Crippen molar-refractivity contribution >= 4 is 11.9 Å². The highest BCUT2D eigenvalue weighted by Gasteiger charge is 2.52. The van der Waals surface area contributed by atoms with Crippen LogP contribution in [0.3, 0.4) is 0 Å². The molecule has 1 aliphatic carbocycles. The third-order valence-corrected chi connectivity index (χ3v) is 4.15. The topological polar surface area (TPSA) is 46.6 Å². The SMILES string of the molecule is COC(=O)C1CCN(C(=O)C2CC2(C)C)CC1. The molecule has 1 amide bonds. The average Bonchev–Trinajstić information content (AvgIpc) is 2.97. The van der Waals surface area contributed by atoms with Crippen molar-refractivity contribution in [1.82, 2.24) is 4.90 Å². The van der Waals surface area contributed by atoms with Gasteiger partial charge in [0.1, 0.15) is 0 Å². The summed E-state index contributed by atoms with van der Waals surface area (Å²) in [6.07, 6.45) is 2.49. The zero-order valence-corrected chi connectivity index (χ0v) is 10.9. The van der Waals surface area contributed by atoms with E-state index in [1.54, 1.807) is 0 Å². The van der Waals surface area contributed by atoms with Crippen molar-refractivity contribution < 1.29 is 14.3 Å². The molecule has 1 saturated heterocycles. The summed E-state index contributed by atoms with van der Waals surface area (Å²) in [6, 6.07) is 0. The predicted octanol–water partition coefficient (Wildman–Crippen LogP) is 1.44. The minimum atomic E-state index is -0.135. The zero-order valence-electron chi connectivity index (χ0n) is 10.9. The second kappa shape index (κ2) is 4.31. The van der Waals surface area contributed by atoms with Gasteiger partial charge in [-0.05, 0) is 24.7 Å². The van der Waals surface area contributed by atoms with Gasteiger partial charge in [-0.1, -0.05) is 13.8 Å². The summed E-state index contributed by atoms with van der Waals surface area (Å²) < 4.78 is 4.74. The van der Waals surface area contributed by atoms with E-state index in [2.05, 4.69) is 13.8 Å². The van der Waals surface area contributed by atoms with Crippen molar-refractivity contribution in [1.29, 1.82) is 0 Å². The molecule has 0 N–H and O–H groups in total.